The van der Waals surface area contributed by atoms with E-state index in [0.717, 1.165) is 22.4 Å². The maximum atomic E-state index is 12.2. The second-order valence-corrected chi connectivity index (χ2v) is 5.69. The van der Waals surface area contributed by atoms with Crippen LogP contribution in [0, 0.1) is 13.8 Å². The predicted octanol–water partition coefficient (Wildman–Crippen LogP) is 3.78. The third-order valence-electron chi connectivity index (χ3n) is 3.06. The highest BCUT2D eigenvalue weighted by molar-refractivity contribution is 7.81. The lowest BCUT2D eigenvalue weighted by atomic mass is 10.1. The molecule has 0 heterocycles. The summed E-state index contributed by atoms with van der Waals surface area (Å²) in [5.41, 5.74) is 4.22. The number of anilines is 1. The molecule has 0 radical (unpaired) electrons. The van der Waals surface area contributed by atoms with Crippen LogP contribution in [-0.4, -0.2) is 11.2 Å². The molecule has 0 aliphatic carbocycles. The van der Waals surface area contributed by atoms with E-state index in [4.69, 9.17) is 0 Å². The van der Waals surface area contributed by atoms with Crippen molar-refractivity contribution in [3.63, 3.8) is 0 Å². The molecule has 0 spiro atoms. The lowest BCUT2D eigenvalue weighted by Crippen LogP contribution is -2.25. The molecule has 0 bridgehead atoms. The number of hydrogen-bond acceptors (Lipinski definition) is 2. The molecular weight excluding hydrogens is 266 g/mol. The first-order chi connectivity index (χ1) is 9.54. The Morgan fingerprint density at radius 2 is 1.70 bits per heavy atom. The molecule has 2 nitrogen and oxygen atoms in total. The highest BCUT2D eigenvalue weighted by Gasteiger charge is 2.14. The molecule has 0 aliphatic heterocycles. The lowest BCUT2D eigenvalue weighted by Gasteiger charge is -2.12. The predicted molar refractivity (Wildman–Crippen MR) is 87.5 cm³/mol. The molecule has 2 rings (SSSR count). The monoisotopic (exact) mass is 285 g/mol. The van der Waals surface area contributed by atoms with Crippen LogP contribution in [0.3, 0.4) is 0 Å². The van der Waals surface area contributed by atoms with Gasteiger partial charge >= 0.3 is 0 Å². The summed E-state index contributed by atoms with van der Waals surface area (Å²) in [5, 5.41) is 2.58. The number of aryl methyl sites for hydroxylation is 2. The van der Waals surface area contributed by atoms with Crippen LogP contribution in [0.1, 0.15) is 16.7 Å². The average Bonchev–Trinajstić information content (AvgIpc) is 2.38. The van der Waals surface area contributed by atoms with Gasteiger partial charge in [-0.1, -0.05) is 36.4 Å². The van der Waals surface area contributed by atoms with E-state index >= 15 is 0 Å². The van der Waals surface area contributed by atoms with Crippen LogP contribution >= 0.6 is 12.6 Å². The zero-order valence-electron chi connectivity index (χ0n) is 11.8. The van der Waals surface area contributed by atoms with Crippen LogP contribution in [0.2, 0.25) is 0 Å². The summed E-state index contributed by atoms with van der Waals surface area (Å²) in [4.78, 5) is 12.2. The number of thiol groups is 1. The molecule has 3 heteroatoms. The van der Waals surface area contributed by atoms with E-state index in [-0.39, 0.29) is 11.2 Å². The van der Waals surface area contributed by atoms with E-state index in [0.29, 0.717) is 6.42 Å². The minimum absolute atomic E-state index is 0.0674. The molecule has 0 fully saturated rings. The highest BCUT2D eigenvalue weighted by atomic mass is 32.1. The van der Waals surface area contributed by atoms with Gasteiger partial charge < -0.3 is 5.32 Å². The molecule has 2 aromatic rings. The van der Waals surface area contributed by atoms with Crippen molar-refractivity contribution in [3.05, 3.63) is 65.2 Å². The molecule has 1 atom stereocenters. The first-order valence-electron chi connectivity index (χ1n) is 6.66. The van der Waals surface area contributed by atoms with Gasteiger partial charge in [-0.2, -0.15) is 12.6 Å². The molecule has 104 valence electrons. The van der Waals surface area contributed by atoms with Gasteiger partial charge in [0.1, 0.15) is 0 Å². The molecule has 1 unspecified atom stereocenters. The Kier molecular flexibility index (Phi) is 4.85. The fourth-order valence-electron chi connectivity index (χ4n) is 2.20. The fraction of sp³-hybridized carbons (Fsp3) is 0.235. The van der Waals surface area contributed by atoms with Gasteiger partial charge in [0.05, 0.1) is 5.25 Å². The fourth-order valence-corrected chi connectivity index (χ4v) is 2.48. The largest absolute Gasteiger partial charge is 0.325 e. The average molecular weight is 285 g/mol. The molecule has 2 aromatic carbocycles. The van der Waals surface area contributed by atoms with Crippen molar-refractivity contribution >= 4 is 24.2 Å². The zero-order chi connectivity index (χ0) is 14.5. The van der Waals surface area contributed by atoms with Crippen molar-refractivity contribution in [2.75, 3.05) is 5.32 Å². The molecule has 0 aliphatic rings. The summed E-state index contributed by atoms with van der Waals surface area (Å²) in [7, 11) is 0. The number of carbonyl (C=O) groups excluding carboxylic acids is 1. The number of amides is 1. The van der Waals surface area contributed by atoms with Crippen LogP contribution in [-0.2, 0) is 11.2 Å². The minimum atomic E-state index is -0.349. The third kappa shape index (κ3) is 4.14. The second-order valence-electron chi connectivity index (χ2n) is 5.07. The molecule has 0 saturated carbocycles. The summed E-state index contributed by atoms with van der Waals surface area (Å²) in [5.74, 6) is -0.0674. The van der Waals surface area contributed by atoms with E-state index in [1.165, 1.54) is 0 Å². The normalized spacial score (nSPS) is 11.9. The number of nitrogens with one attached hydrogen (secondary N) is 1. The minimum Gasteiger partial charge on any atom is -0.325 e. The summed E-state index contributed by atoms with van der Waals surface area (Å²) in [6.07, 6.45) is 0.626. The maximum absolute atomic E-state index is 12.2. The van der Waals surface area contributed by atoms with Crippen molar-refractivity contribution in [1.82, 2.24) is 0 Å². The lowest BCUT2D eigenvalue weighted by molar-refractivity contribution is -0.115. The van der Waals surface area contributed by atoms with Gasteiger partial charge in [0.25, 0.3) is 0 Å². The third-order valence-corrected chi connectivity index (χ3v) is 3.48. The summed E-state index contributed by atoms with van der Waals surface area (Å²) in [6.45, 7) is 4.04. The zero-order valence-corrected chi connectivity index (χ0v) is 12.7. The number of carbonyl (C=O) groups is 1. The van der Waals surface area contributed by atoms with Gasteiger partial charge in [-0.15, -0.1) is 0 Å². The summed E-state index contributed by atoms with van der Waals surface area (Å²) in [6, 6.07) is 15.9. The molecule has 20 heavy (non-hydrogen) atoms. The Balaban J connectivity index is 2.00. The van der Waals surface area contributed by atoms with Gasteiger partial charge in [-0.05, 0) is 49.1 Å². The van der Waals surface area contributed by atoms with Crippen molar-refractivity contribution in [3.8, 4) is 0 Å². The topological polar surface area (TPSA) is 29.1 Å². The van der Waals surface area contributed by atoms with Gasteiger partial charge in [0.2, 0.25) is 5.91 Å². The van der Waals surface area contributed by atoms with Crippen molar-refractivity contribution in [2.45, 2.75) is 25.5 Å². The van der Waals surface area contributed by atoms with Crippen LogP contribution < -0.4 is 5.32 Å². The quantitative estimate of drug-likeness (QED) is 0.822. The van der Waals surface area contributed by atoms with Gasteiger partial charge in [-0.3, -0.25) is 4.79 Å². The first-order valence-corrected chi connectivity index (χ1v) is 7.17. The van der Waals surface area contributed by atoms with Gasteiger partial charge in [-0.25, -0.2) is 0 Å². The van der Waals surface area contributed by atoms with E-state index < -0.39 is 0 Å². The van der Waals surface area contributed by atoms with Crippen LogP contribution in [0.4, 0.5) is 5.69 Å². The summed E-state index contributed by atoms with van der Waals surface area (Å²) >= 11 is 4.41. The van der Waals surface area contributed by atoms with Gasteiger partial charge in [0, 0.05) is 5.69 Å². The number of rotatable bonds is 4. The Morgan fingerprint density at radius 3 is 2.30 bits per heavy atom. The van der Waals surface area contributed by atoms with Crippen molar-refractivity contribution < 1.29 is 4.79 Å². The van der Waals surface area contributed by atoms with E-state index in [9.17, 15) is 4.79 Å². The van der Waals surface area contributed by atoms with Crippen LogP contribution in [0.25, 0.3) is 0 Å². The molecule has 0 aromatic heterocycles. The Morgan fingerprint density at radius 1 is 1.10 bits per heavy atom. The van der Waals surface area contributed by atoms with Crippen LogP contribution in [0.5, 0.6) is 0 Å². The Bertz CT molecular complexity index is 575. The SMILES string of the molecule is Cc1cc(C)cc(NC(=O)C(S)Cc2ccccc2)c1. The maximum Gasteiger partial charge on any atom is 0.237 e. The first kappa shape index (κ1) is 14.7. The standard InChI is InChI=1S/C17H19NOS/c1-12-8-13(2)10-15(9-12)18-17(19)16(20)11-14-6-4-3-5-7-14/h3-10,16,20H,11H2,1-2H3,(H,18,19). The van der Waals surface area contributed by atoms with Crippen LogP contribution in [0.15, 0.2) is 48.5 Å². The second kappa shape index (κ2) is 6.62. The highest BCUT2D eigenvalue weighted by Crippen LogP contribution is 2.16. The molecular formula is C17H19NOS. The smallest absolute Gasteiger partial charge is 0.237 e. The van der Waals surface area contributed by atoms with E-state index in [1.54, 1.807) is 0 Å². The van der Waals surface area contributed by atoms with Crippen molar-refractivity contribution in [1.29, 1.82) is 0 Å². The number of hydrogen-bond donors (Lipinski definition) is 2. The molecule has 1 amide bonds. The van der Waals surface area contributed by atoms with E-state index in [1.807, 2.05) is 56.3 Å². The van der Waals surface area contributed by atoms with E-state index in [2.05, 4.69) is 24.0 Å². The molecule has 1 N–H and O–H groups in total. The van der Waals surface area contributed by atoms with Gasteiger partial charge in [0.15, 0.2) is 0 Å². The summed E-state index contributed by atoms with van der Waals surface area (Å²) < 4.78 is 0. The molecule has 0 saturated heterocycles. The van der Waals surface area contributed by atoms with Crippen molar-refractivity contribution in [2.24, 2.45) is 0 Å². The Hall–Kier alpha value is -1.74. The number of benzene rings is 2. The Labute approximate surface area is 125 Å².